The minimum absolute atomic E-state index is 0.106. The van der Waals surface area contributed by atoms with E-state index in [-0.39, 0.29) is 30.2 Å². The Morgan fingerprint density at radius 1 is 1.04 bits per heavy atom. The summed E-state index contributed by atoms with van der Waals surface area (Å²) in [6.45, 7) is 2.32. The monoisotopic (exact) mass is 364 g/mol. The summed E-state index contributed by atoms with van der Waals surface area (Å²) in [7, 11) is 0. The number of aryl methyl sites for hydroxylation is 2. The molecule has 0 aliphatic heterocycles. The molecule has 27 heavy (non-hydrogen) atoms. The minimum Gasteiger partial charge on any atom is -0.287 e. The van der Waals surface area contributed by atoms with E-state index >= 15 is 0 Å². The highest BCUT2D eigenvalue weighted by Gasteiger charge is 2.09. The number of aromatic nitrogens is 2. The van der Waals surface area contributed by atoms with Crippen molar-refractivity contribution >= 4 is 22.7 Å². The first kappa shape index (κ1) is 18.3. The van der Waals surface area contributed by atoms with Crippen molar-refractivity contribution in [1.82, 2.24) is 20.6 Å². The Labute approximate surface area is 156 Å². The average Bonchev–Trinajstić information content (AvgIpc) is 2.71. The zero-order chi connectivity index (χ0) is 19.2. The van der Waals surface area contributed by atoms with Gasteiger partial charge in [-0.2, -0.15) is 5.10 Å². The normalized spacial score (nSPS) is 10.6. The molecule has 3 rings (SSSR count). The third-order valence-electron chi connectivity index (χ3n) is 4.25. The molecule has 138 valence electrons. The van der Waals surface area contributed by atoms with Crippen LogP contribution in [0, 0.1) is 0 Å². The molecule has 0 unspecified atom stereocenters. The standard InChI is InChI=1S/C20H20N4O3/c1-2-14-7-9-15(10-8-14)20(27)23-22-19(26)11-12-24-17-6-4-3-5-16(17)18(25)13-21-24/h3-10,13H,2,11-12H2,1H3,(H,22,26)(H,23,27). The molecule has 0 radical (unpaired) electrons. The van der Waals surface area contributed by atoms with E-state index in [4.69, 9.17) is 0 Å². The number of nitrogens with zero attached hydrogens (tertiary/aromatic N) is 2. The van der Waals surface area contributed by atoms with E-state index in [0.717, 1.165) is 12.0 Å². The van der Waals surface area contributed by atoms with Crippen LogP contribution in [0.2, 0.25) is 0 Å². The summed E-state index contributed by atoms with van der Waals surface area (Å²) in [5.41, 5.74) is 6.91. The van der Waals surface area contributed by atoms with Crippen molar-refractivity contribution in [3.05, 3.63) is 76.1 Å². The lowest BCUT2D eigenvalue weighted by molar-refractivity contribution is -0.122. The summed E-state index contributed by atoms with van der Waals surface area (Å²) < 4.78 is 1.60. The molecule has 2 aromatic carbocycles. The number of nitrogens with one attached hydrogen (secondary N) is 2. The molecule has 1 heterocycles. The van der Waals surface area contributed by atoms with E-state index < -0.39 is 0 Å². The van der Waals surface area contributed by atoms with Crippen molar-refractivity contribution in [2.75, 3.05) is 0 Å². The van der Waals surface area contributed by atoms with Gasteiger partial charge in [-0.25, -0.2) is 0 Å². The first-order valence-electron chi connectivity index (χ1n) is 8.71. The van der Waals surface area contributed by atoms with Crippen LogP contribution in [0.1, 0.15) is 29.3 Å². The van der Waals surface area contributed by atoms with Crippen LogP contribution in [-0.2, 0) is 17.8 Å². The van der Waals surface area contributed by atoms with Crippen LogP contribution in [-0.4, -0.2) is 21.6 Å². The highest BCUT2D eigenvalue weighted by atomic mass is 16.2. The number of para-hydroxylation sites is 1. The molecule has 0 saturated heterocycles. The van der Waals surface area contributed by atoms with E-state index in [9.17, 15) is 14.4 Å². The molecule has 0 spiro atoms. The van der Waals surface area contributed by atoms with Crippen molar-refractivity contribution in [3.63, 3.8) is 0 Å². The predicted octanol–water partition coefficient (Wildman–Crippen LogP) is 1.81. The molecule has 2 amide bonds. The molecule has 3 aromatic rings. The van der Waals surface area contributed by atoms with Crippen LogP contribution in [0.25, 0.3) is 10.9 Å². The van der Waals surface area contributed by atoms with E-state index in [1.807, 2.05) is 25.1 Å². The number of amides is 2. The summed E-state index contributed by atoms with van der Waals surface area (Å²) in [5.74, 6) is -0.726. The molecule has 0 fully saturated rings. The van der Waals surface area contributed by atoms with Gasteiger partial charge in [-0.1, -0.05) is 31.2 Å². The fourth-order valence-electron chi connectivity index (χ4n) is 2.70. The molecule has 0 atom stereocenters. The second-order valence-electron chi connectivity index (χ2n) is 6.05. The van der Waals surface area contributed by atoms with Gasteiger partial charge in [0.2, 0.25) is 11.3 Å². The molecule has 1 aromatic heterocycles. The number of fused-ring (bicyclic) bond motifs is 1. The second kappa shape index (κ2) is 8.27. The van der Waals surface area contributed by atoms with E-state index in [2.05, 4.69) is 16.0 Å². The van der Waals surface area contributed by atoms with Crippen molar-refractivity contribution in [2.24, 2.45) is 0 Å². The van der Waals surface area contributed by atoms with Crippen LogP contribution in [0.4, 0.5) is 0 Å². The van der Waals surface area contributed by atoms with E-state index in [1.165, 1.54) is 6.20 Å². The number of carbonyl (C=O) groups is 2. The first-order chi connectivity index (χ1) is 13.1. The molecule has 0 aliphatic carbocycles. The largest absolute Gasteiger partial charge is 0.287 e. The lowest BCUT2D eigenvalue weighted by Gasteiger charge is -2.10. The summed E-state index contributed by atoms with van der Waals surface area (Å²) in [4.78, 5) is 35.9. The molecule has 7 nitrogen and oxygen atoms in total. The highest BCUT2D eigenvalue weighted by molar-refractivity contribution is 5.95. The van der Waals surface area contributed by atoms with Crippen molar-refractivity contribution < 1.29 is 9.59 Å². The van der Waals surface area contributed by atoms with Crippen LogP contribution < -0.4 is 16.3 Å². The van der Waals surface area contributed by atoms with E-state index in [1.54, 1.807) is 35.0 Å². The number of hydrazine groups is 1. The topological polar surface area (TPSA) is 93.1 Å². The third kappa shape index (κ3) is 4.38. The van der Waals surface area contributed by atoms with Crippen molar-refractivity contribution in [3.8, 4) is 0 Å². The predicted molar refractivity (Wildman–Crippen MR) is 102 cm³/mol. The zero-order valence-electron chi connectivity index (χ0n) is 14.9. The molecule has 2 N–H and O–H groups in total. The quantitative estimate of drug-likeness (QED) is 0.675. The zero-order valence-corrected chi connectivity index (χ0v) is 14.9. The number of hydrogen-bond acceptors (Lipinski definition) is 4. The SMILES string of the molecule is CCc1ccc(C(=O)NNC(=O)CCn2ncc(=O)c3ccccc32)cc1. The van der Waals surface area contributed by atoms with Gasteiger partial charge in [-0.05, 0) is 36.2 Å². The molecule has 7 heteroatoms. The highest BCUT2D eigenvalue weighted by Crippen LogP contribution is 2.08. The maximum atomic E-state index is 12.1. The van der Waals surface area contributed by atoms with Gasteiger partial charge in [0.1, 0.15) is 0 Å². The van der Waals surface area contributed by atoms with Crippen molar-refractivity contribution in [1.29, 1.82) is 0 Å². The second-order valence-corrected chi connectivity index (χ2v) is 6.05. The van der Waals surface area contributed by atoms with Crippen LogP contribution in [0.3, 0.4) is 0 Å². The van der Waals surface area contributed by atoms with Crippen molar-refractivity contribution in [2.45, 2.75) is 26.3 Å². The first-order valence-corrected chi connectivity index (χ1v) is 8.71. The fraction of sp³-hybridized carbons (Fsp3) is 0.200. The molecular formula is C20H20N4O3. The number of hydrogen-bond donors (Lipinski definition) is 2. The lowest BCUT2D eigenvalue weighted by atomic mass is 10.1. The van der Waals surface area contributed by atoms with Gasteiger partial charge in [0.25, 0.3) is 5.91 Å². The molecule has 0 bridgehead atoms. The maximum absolute atomic E-state index is 12.1. The van der Waals surface area contributed by atoms with Crippen LogP contribution in [0.15, 0.2) is 59.5 Å². The Hall–Kier alpha value is -3.48. The van der Waals surface area contributed by atoms with Crippen LogP contribution in [0.5, 0.6) is 0 Å². The minimum atomic E-state index is -0.377. The third-order valence-corrected chi connectivity index (χ3v) is 4.25. The molecular weight excluding hydrogens is 344 g/mol. The lowest BCUT2D eigenvalue weighted by Crippen LogP contribution is -2.42. The molecule has 0 aliphatic rings. The smallest absolute Gasteiger partial charge is 0.269 e. The van der Waals surface area contributed by atoms with Gasteiger partial charge < -0.3 is 0 Å². The van der Waals surface area contributed by atoms with Gasteiger partial charge in [0, 0.05) is 17.4 Å². The summed E-state index contributed by atoms with van der Waals surface area (Å²) >= 11 is 0. The maximum Gasteiger partial charge on any atom is 0.269 e. The van der Waals surface area contributed by atoms with Gasteiger partial charge in [0.15, 0.2) is 0 Å². The van der Waals surface area contributed by atoms with Gasteiger partial charge >= 0.3 is 0 Å². The Balaban J connectivity index is 1.56. The summed E-state index contributed by atoms with van der Waals surface area (Å²) in [6, 6.07) is 14.3. The fourth-order valence-corrected chi connectivity index (χ4v) is 2.70. The summed E-state index contributed by atoms with van der Waals surface area (Å²) in [5, 5.41) is 4.63. The Kier molecular flexibility index (Phi) is 5.61. The average molecular weight is 364 g/mol. The van der Waals surface area contributed by atoms with E-state index in [0.29, 0.717) is 16.5 Å². The summed E-state index contributed by atoms with van der Waals surface area (Å²) in [6.07, 6.45) is 2.24. The number of carbonyl (C=O) groups excluding carboxylic acids is 2. The Bertz CT molecular complexity index is 1030. The van der Waals surface area contributed by atoms with Gasteiger partial charge in [-0.15, -0.1) is 0 Å². The van der Waals surface area contributed by atoms with Gasteiger partial charge in [-0.3, -0.25) is 29.9 Å². The Morgan fingerprint density at radius 2 is 1.78 bits per heavy atom. The Morgan fingerprint density at radius 3 is 2.52 bits per heavy atom. The number of rotatable bonds is 5. The number of benzene rings is 2. The van der Waals surface area contributed by atoms with Crippen LogP contribution >= 0.6 is 0 Å². The molecule has 0 saturated carbocycles. The van der Waals surface area contributed by atoms with Gasteiger partial charge in [0.05, 0.1) is 18.3 Å².